The van der Waals surface area contributed by atoms with Gasteiger partial charge in [0, 0.05) is 17.3 Å². The number of benzene rings is 2. The molecule has 0 aliphatic rings. The maximum atomic E-state index is 12.5. The minimum atomic E-state index is -3.70. The summed E-state index contributed by atoms with van der Waals surface area (Å²) in [5.74, 6) is -0.997. The molecule has 0 aromatic heterocycles. The van der Waals surface area contributed by atoms with Crippen LogP contribution in [0.5, 0.6) is 0 Å². The zero-order valence-corrected chi connectivity index (χ0v) is 15.3. The Labute approximate surface area is 152 Å². The highest BCUT2D eigenvalue weighted by atomic mass is 32.2. The summed E-state index contributed by atoms with van der Waals surface area (Å²) >= 11 is 0. The summed E-state index contributed by atoms with van der Waals surface area (Å²) in [6.45, 7) is 3.42. The number of sulfonamides is 1. The Morgan fingerprint density at radius 3 is 2.42 bits per heavy atom. The molecule has 138 valence electrons. The van der Waals surface area contributed by atoms with Crippen molar-refractivity contribution in [2.45, 2.75) is 31.2 Å². The predicted octanol–water partition coefficient (Wildman–Crippen LogP) is 1.65. The van der Waals surface area contributed by atoms with Gasteiger partial charge in [-0.2, -0.15) is 0 Å². The highest BCUT2D eigenvalue weighted by molar-refractivity contribution is 7.89. The Morgan fingerprint density at radius 1 is 1.08 bits per heavy atom. The molecule has 26 heavy (non-hydrogen) atoms. The summed E-state index contributed by atoms with van der Waals surface area (Å²) < 4.78 is 27.0. The number of hydrogen-bond donors (Lipinski definition) is 3. The Morgan fingerprint density at radius 2 is 1.77 bits per heavy atom. The third-order valence-corrected chi connectivity index (χ3v) is 5.08. The monoisotopic (exact) mass is 375 g/mol. The van der Waals surface area contributed by atoms with Crippen molar-refractivity contribution in [3.8, 4) is 0 Å². The molecule has 0 unspecified atom stereocenters. The smallest absolute Gasteiger partial charge is 0.255 e. The number of nitrogens with two attached hydrogens (primary N) is 1. The van der Waals surface area contributed by atoms with Gasteiger partial charge in [0.2, 0.25) is 15.9 Å². The second-order valence-corrected chi connectivity index (χ2v) is 7.77. The van der Waals surface area contributed by atoms with Gasteiger partial charge < -0.3 is 11.1 Å². The van der Waals surface area contributed by atoms with E-state index in [1.807, 2.05) is 0 Å². The third-order valence-electron chi connectivity index (χ3n) is 3.43. The number of primary amides is 1. The van der Waals surface area contributed by atoms with Gasteiger partial charge in [-0.05, 0) is 43.7 Å². The molecule has 2 amide bonds. The van der Waals surface area contributed by atoms with E-state index in [1.54, 1.807) is 38.1 Å². The van der Waals surface area contributed by atoms with E-state index in [0.29, 0.717) is 11.3 Å². The Balaban J connectivity index is 2.27. The van der Waals surface area contributed by atoms with Crippen LogP contribution in [-0.4, -0.2) is 26.3 Å². The lowest BCUT2D eigenvalue weighted by molar-refractivity contribution is -0.117. The molecule has 2 aromatic rings. The van der Waals surface area contributed by atoms with Gasteiger partial charge in [-0.15, -0.1) is 0 Å². The van der Waals surface area contributed by atoms with Crippen LogP contribution < -0.4 is 15.8 Å². The van der Waals surface area contributed by atoms with Crippen molar-refractivity contribution in [2.75, 3.05) is 5.32 Å². The van der Waals surface area contributed by atoms with Gasteiger partial charge >= 0.3 is 0 Å². The zero-order chi connectivity index (χ0) is 19.3. The summed E-state index contributed by atoms with van der Waals surface area (Å²) in [7, 11) is -3.70. The molecular formula is C18H21N3O4S. The van der Waals surface area contributed by atoms with Gasteiger partial charge in [0.25, 0.3) is 5.91 Å². The molecule has 2 rings (SSSR count). The van der Waals surface area contributed by atoms with Gasteiger partial charge in [-0.3, -0.25) is 9.59 Å². The number of anilines is 1. The van der Waals surface area contributed by atoms with Crippen molar-refractivity contribution in [3.63, 3.8) is 0 Å². The first kappa shape index (κ1) is 19.6. The molecular weight excluding hydrogens is 354 g/mol. The van der Waals surface area contributed by atoms with Gasteiger partial charge in [0.1, 0.15) is 0 Å². The van der Waals surface area contributed by atoms with Crippen LogP contribution in [0.25, 0.3) is 0 Å². The molecule has 0 aliphatic carbocycles. The number of nitrogens with one attached hydrogen (secondary N) is 2. The van der Waals surface area contributed by atoms with Crippen molar-refractivity contribution < 1.29 is 18.0 Å². The van der Waals surface area contributed by atoms with Crippen molar-refractivity contribution in [1.82, 2.24) is 4.72 Å². The van der Waals surface area contributed by atoms with Crippen molar-refractivity contribution in [2.24, 2.45) is 5.73 Å². The van der Waals surface area contributed by atoms with Crippen molar-refractivity contribution in [1.29, 1.82) is 0 Å². The first-order valence-electron chi connectivity index (χ1n) is 7.99. The second-order valence-electron chi connectivity index (χ2n) is 6.06. The van der Waals surface area contributed by atoms with Crippen molar-refractivity contribution in [3.05, 3.63) is 59.7 Å². The molecule has 0 saturated heterocycles. The molecule has 7 nitrogen and oxygen atoms in total. The summed E-state index contributed by atoms with van der Waals surface area (Å²) in [6, 6.07) is 12.3. The standard InChI is InChI=1S/C18H21N3O4S/c1-12(2)21-26(24,25)15-8-5-7-14(10-15)18(23)20-16-9-4-3-6-13(16)11-17(19)22/h3-10,12,21H,11H2,1-2H3,(H2,19,22)(H,20,23). The lowest BCUT2D eigenvalue weighted by atomic mass is 10.1. The number of amides is 2. The molecule has 0 radical (unpaired) electrons. The Hall–Kier alpha value is -2.71. The van der Waals surface area contributed by atoms with E-state index in [2.05, 4.69) is 10.0 Å². The first-order valence-corrected chi connectivity index (χ1v) is 9.47. The van der Waals surface area contributed by atoms with Crippen LogP contribution in [0.4, 0.5) is 5.69 Å². The van der Waals surface area contributed by atoms with E-state index in [-0.39, 0.29) is 22.9 Å². The largest absolute Gasteiger partial charge is 0.369 e. The maximum Gasteiger partial charge on any atom is 0.255 e. The fraction of sp³-hybridized carbons (Fsp3) is 0.222. The Bertz CT molecular complexity index is 924. The van der Waals surface area contributed by atoms with Gasteiger partial charge in [-0.1, -0.05) is 24.3 Å². The van der Waals surface area contributed by atoms with Crippen molar-refractivity contribution >= 4 is 27.5 Å². The molecule has 0 atom stereocenters. The maximum absolute atomic E-state index is 12.5. The van der Waals surface area contributed by atoms with Crippen LogP contribution in [0.3, 0.4) is 0 Å². The molecule has 0 saturated carbocycles. The fourth-order valence-electron chi connectivity index (χ4n) is 2.36. The summed E-state index contributed by atoms with van der Waals surface area (Å²) in [5, 5.41) is 2.69. The molecule has 0 spiro atoms. The molecule has 0 heterocycles. The zero-order valence-electron chi connectivity index (χ0n) is 14.5. The highest BCUT2D eigenvalue weighted by Gasteiger charge is 2.18. The van der Waals surface area contributed by atoms with Crippen LogP contribution in [0.1, 0.15) is 29.8 Å². The first-order chi connectivity index (χ1) is 12.2. The average molecular weight is 375 g/mol. The molecule has 2 aromatic carbocycles. The topological polar surface area (TPSA) is 118 Å². The number of carbonyl (C=O) groups is 2. The van der Waals surface area contributed by atoms with E-state index in [4.69, 9.17) is 5.73 Å². The summed E-state index contributed by atoms with van der Waals surface area (Å²) in [5.41, 5.74) is 6.43. The van der Waals surface area contributed by atoms with Crippen LogP contribution in [0.15, 0.2) is 53.4 Å². The SMILES string of the molecule is CC(C)NS(=O)(=O)c1cccc(C(=O)Nc2ccccc2CC(N)=O)c1. The summed E-state index contributed by atoms with van der Waals surface area (Å²) in [6.07, 6.45) is -0.0107. The van der Waals surface area contributed by atoms with Crippen LogP contribution in [-0.2, 0) is 21.2 Å². The number of para-hydroxylation sites is 1. The minimum absolute atomic E-state index is 0.00395. The van der Waals surface area contributed by atoms with Crippen LogP contribution in [0.2, 0.25) is 0 Å². The molecule has 0 bridgehead atoms. The lowest BCUT2D eigenvalue weighted by Crippen LogP contribution is -2.30. The van der Waals surface area contributed by atoms with E-state index < -0.39 is 21.8 Å². The summed E-state index contributed by atoms with van der Waals surface area (Å²) in [4.78, 5) is 23.7. The van der Waals surface area contributed by atoms with Gasteiger partial charge in [0.15, 0.2) is 0 Å². The highest BCUT2D eigenvalue weighted by Crippen LogP contribution is 2.18. The fourth-order valence-corrected chi connectivity index (χ4v) is 3.66. The predicted molar refractivity (Wildman–Crippen MR) is 99.2 cm³/mol. The quantitative estimate of drug-likeness (QED) is 0.682. The molecule has 0 fully saturated rings. The van der Waals surface area contributed by atoms with E-state index >= 15 is 0 Å². The van der Waals surface area contributed by atoms with Crippen LogP contribution in [0, 0.1) is 0 Å². The number of rotatable bonds is 7. The van der Waals surface area contributed by atoms with E-state index in [9.17, 15) is 18.0 Å². The normalized spacial score (nSPS) is 11.3. The third kappa shape index (κ3) is 5.14. The number of hydrogen-bond acceptors (Lipinski definition) is 4. The molecule has 0 aliphatic heterocycles. The lowest BCUT2D eigenvalue weighted by Gasteiger charge is -2.12. The molecule has 4 N–H and O–H groups in total. The minimum Gasteiger partial charge on any atom is -0.369 e. The van der Waals surface area contributed by atoms with E-state index in [1.165, 1.54) is 24.3 Å². The second kappa shape index (κ2) is 8.11. The van der Waals surface area contributed by atoms with Gasteiger partial charge in [0.05, 0.1) is 11.3 Å². The van der Waals surface area contributed by atoms with E-state index in [0.717, 1.165) is 0 Å². The van der Waals surface area contributed by atoms with Gasteiger partial charge in [-0.25, -0.2) is 13.1 Å². The average Bonchev–Trinajstić information content (AvgIpc) is 2.55. The van der Waals surface area contributed by atoms with Crippen LogP contribution >= 0.6 is 0 Å². The Kier molecular flexibility index (Phi) is 6.12. The molecule has 8 heteroatoms. The number of carbonyl (C=O) groups excluding carboxylic acids is 2.